The van der Waals surface area contributed by atoms with Crippen LogP contribution in [0.4, 0.5) is 24.7 Å². The second kappa shape index (κ2) is 9.67. The summed E-state index contributed by atoms with van der Waals surface area (Å²) in [5.74, 6) is 0.978. The van der Waals surface area contributed by atoms with E-state index < -0.39 is 17.3 Å². The topological polar surface area (TPSA) is 111 Å². The predicted octanol–water partition coefficient (Wildman–Crippen LogP) is 4.59. The molecule has 5 rings (SSSR count). The van der Waals surface area contributed by atoms with E-state index in [9.17, 15) is 18.0 Å². The summed E-state index contributed by atoms with van der Waals surface area (Å²) < 4.78 is 48.1. The Morgan fingerprint density at radius 1 is 1.10 bits per heavy atom. The SMILES string of the molecule is COC1(c2cc3c(NCc4cc(N)cc(C(F)(F)F)c4)nc(C)nc3n3cc(C)nc23)CCN(C(C)=O)CC1. The van der Waals surface area contributed by atoms with Gasteiger partial charge >= 0.3 is 6.18 Å². The molecule has 4 heterocycles. The van der Waals surface area contributed by atoms with Gasteiger partial charge in [0.25, 0.3) is 0 Å². The van der Waals surface area contributed by atoms with E-state index >= 15 is 0 Å². The molecule has 12 heteroatoms. The van der Waals surface area contributed by atoms with Crippen molar-refractivity contribution in [3.05, 3.63) is 58.7 Å². The number of nitrogens with two attached hydrogens (primary N) is 1. The summed E-state index contributed by atoms with van der Waals surface area (Å²) in [6.45, 7) is 6.36. The first-order valence-electron chi connectivity index (χ1n) is 12.6. The smallest absolute Gasteiger partial charge is 0.399 e. The minimum absolute atomic E-state index is 0.0191. The van der Waals surface area contributed by atoms with Gasteiger partial charge in [0.05, 0.1) is 22.2 Å². The monoisotopic (exact) mass is 541 g/mol. The number of aromatic nitrogens is 4. The van der Waals surface area contributed by atoms with Gasteiger partial charge in [-0.25, -0.2) is 15.0 Å². The number of anilines is 2. The van der Waals surface area contributed by atoms with Crippen LogP contribution >= 0.6 is 0 Å². The summed E-state index contributed by atoms with van der Waals surface area (Å²) in [4.78, 5) is 27.8. The zero-order chi connectivity index (χ0) is 28.1. The summed E-state index contributed by atoms with van der Waals surface area (Å²) in [7, 11) is 1.66. The Bertz CT molecular complexity index is 1570. The average Bonchev–Trinajstić information content (AvgIpc) is 3.27. The van der Waals surface area contributed by atoms with Crippen LogP contribution in [0, 0.1) is 13.8 Å². The zero-order valence-electron chi connectivity index (χ0n) is 22.2. The van der Waals surface area contributed by atoms with Crippen LogP contribution in [-0.2, 0) is 27.9 Å². The molecular weight excluding hydrogens is 511 g/mol. The molecule has 206 valence electrons. The summed E-state index contributed by atoms with van der Waals surface area (Å²) in [6, 6.07) is 5.45. The Hall–Kier alpha value is -3.93. The molecule has 1 amide bonds. The Morgan fingerprint density at radius 3 is 2.46 bits per heavy atom. The lowest BCUT2D eigenvalue weighted by Gasteiger charge is -2.41. The van der Waals surface area contributed by atoms with Crippen molar-refractivity contribution >= 4 is 34.1 Å². The fourth-order valence-electron chi connectivity index (χ4n) is 5.35. The second-order valence-electron chi connectivity index (χ2n) is 10.0. The number of halogens is 3. The largest absolute Gasteiger partial charge is 0.416 e. The van der Waals surface area contributed by atoms with Gasteiger partial charge in [0, 0.05) is 51.1 Å². The number of hydrogen-bond acceptors (Lipinski definition) is 7. The number of benzene rings is 1. The number of hydrogen-bond donors (Lipinski definition) is 2. The van der Waals surface area contributed by atoms with Crippen molar-refractivity contribution in [1.82, 2.24) is 24.3 Å². The number of likely N-dealkylation sites (tertiary alicyclic amines) is 1. The van der Waals surface area contributed by atoms with Gasteiger partial charge in [-0.1, -0.05) is 0 Å². The highest BCUT2D eigenvalue weighted by atomic mass is 19.4. The van der Waals surface area contributed by atoms with Crippen LogP contribution in [0.3, 0.4) is 0 Å². The van der Waals surface area contributed by atoms with Crippen LogP contribution in [0.2, 0.25) is 0 Å². The van der Waals surface area contributed by atoms with Crippen molar-refractivity contribution in [1.29, 1.82) is 0 Å². The molecule has 1 aliphatic rings. The molecule has 4 aromatic rings. The van der Waals surface area contributed by atoms with Gasteiger partial charge in [0.2, 0.25) is 5.91 Å². The van der Waals surface area contributed by atoms with Gasteiger partial charge in [0.15, 0.2) is 5.65 Å². The number of nitrogen functional groups attached to an aromatic ring is 1. The zero-order valence-corrected chi connectivity index (χ0v) is 22.2. The van der Waals surface area contributed by atoms with Gasteiger partial charge in [0.1, 0.15) is 17.3 Å². The summed E-state index contributed by atoms with van der Waals surface area (Å²) in [5.41, 5.74) is 7.61. The Morgan fingerprint density at radius 2 is 1.82 bits per heavy atom. The third kappa shape index (κ3) is 4.96. The maximum atomic E-state index is 13.3. The van der Waals surface area contributed by atoms with Crippen molar-refractivity contribution < 1.29 is 22.7 Å². The number of methoxy groups -OCH3 is 1. The molecule has 3 N–H and O–H groups in total. The number of carbonyl (C=O) groups excluding carboxylic acids is 1. The van der Waals surface area contributed by atoms with Crippen LogP contribution in [0.25, 0.3) is 16.7 Å². The molecule has 0 unspecified atom stereocenters. The molecule has 3 aromatic heterocycles. The molecule has 1 saturated heterocycles. The minimum atomic E-state index is -4.51. The van der Waals surface area contributed by atoms with Gasteiger partial charge in [-0.15, -0.1) is 0 Å². The number of amides is 1. The first-order chi connectivity index (χ1) is 18.4. The lowest BCUT2D eigenvalue weighted by atomic mass is 9.84. The molecule has 1 fully saturated rings. The van der Waals surface area contributed by atoms with Crippen LogP contribution in [0.15, 0.2) is 30.5 Å². The quantitative estimate of drug-likeness (QED) is 0.356. The van der Waals surface area contributed by atoms with E-state index in [1.807, 2.05) is 23.6 Å². The number of aryl methyl sites for hydroxylation is 2. The lowest BCUT2D eigenvalue weighted by Crippen LogP contribution is -2.45. The van der Waals surface area contributed by atoms with Crippen LogP contribution in [0.5, 0.6) is 0 Å². The van der Waals surface area contributed by atoms with Crippen molar-refractivity contribution in [3.8, 4) is 0 Å². The maximum absolute atomic E-state index is 13.3. The Balaban J connectivity index is 1.61. The number of fused-ring (bicyclic) bond motifs is 3. The van der Waals surface area contributed by atoms with E-state index in [0.29, 0.717) is 59.8 Å². The molecule has 0 bridgehead atoms. The van der Waals surface area contributed by atoms with Gasteiger partial charge < -0.3 is 20.7 Å². The molecule has 0 saturated carbocycles. The second-order valence-corrected chi connectivity index (χ2v) is 10.0. The highest BCUT2D eigenvalue weighted by Crippen LogP contribution is 2.41. The third-order valence-corrected chi connectivity index (χ3v) is 7.32. The first-order valence-corrected chi connectivity index (χ1v) is 12.6. The standard InChI is InChI=1S/C27H30F3N7O2/c1-15-14-37-24-21(12-22(25(37)33-15)26(39-4)5-7-36(8-6-26)17(3)38)23(34-16(2)35-24)32-13-18-9-19(27(28,29)30)11-20(31)10-18/h9-12,14H,5-8,13,31H2,1-4H3,(H,32,34,35). The number of rotatable bonds is 5. The molecular formula is C27H30F3N7O2. The fraction of sp³-hybridized carbons (Fsp3) is 0.407. The summed E-state index contributed by atoms with van der Waals surface area (Å²) >= 11 is 0. The predicted molar refractivity (Wildman–Crippen MR) is 141 cm³/mol. The van der Waals surface area contributed by atoms with Gasteiger partial charge in [-0.05, 0) is 56.5 Å². The molecule has 0 spiro atoms. The number of pyridine rings is 1. The third-order valence-electron chi connectivity index (χ3n) is 7.32. The van der Waals surface area contributed by atoms with Crippen molar-refractivity contribution in [2.24, 2.45) is 0 Å². The minimum Gasteiger partial charge on any atom is -0.399 e. The van der Waals surface area contributed by atoms with Gasteiger partial charge in [-0.2, -0.15) is 13.2 Å². The van der Waals surface area contributed by atoms with E-state index in [1.165, 1.54) is 6.07 Å². The number of alkyl halides is 3. The van der Waals surface area contributed by atoms with Crippen molar-refractivity contribution in [3.63, 3.8) is 0 Å². The van der Waals surface area contributed by atoms with E-state index in [-0.39, 0.29) is 18.1 Å². The Labute approximate surface area is 223 Å². The van der Waals surface area contributed by atoms with Crippen molar-refractivity contribution in [2.45, 2.75) is 51.9 Å². The van der Waals surface area contributed by atoms with Crippen molar-refractivity contribution in [2.75, 3.05) is 31.2 Å². The van der Waals surface area contributed by atoms with E-state index in [4.69, 9.17) is 15.5 Å². The number of carbonyl (C=O) groups is 1. The fourth-order valence-corrected chi connectivity index (χ4v) is 5.35. The average molecular weight is 542 g/mol. The summed E-state index contributed by atoms with van der Waals surface area (Å²) in [5, 5.41) is 3.88. The first kappa shape index (κ1) is 26.7. The van der Waals surface area contributed by atoms with Gasteiger partial charge in [-0.3, -0.25) is 9.20 Å². The number of nitrogens with one attached hydrogen (secondary N) is 1. The van der Waals surface area contributed by atoms with E-state index in [0.717, 1.165) is 23.4 Å². The molecule has 0 atom stereocenters. The number of piperidine rings is 1. The summed E-state index contributed by atoms with van der Waals surface area (Å²) in [6.07, 6.45) is -1.46. The lowest BCUT2D eigenvalue weighted by molar-refractivity contribution is -0.137. The normalized spacial score (nSPS) is 15.7. The maximum Gasteiger partial charge on any atom is 0.416 e. The number of imidazole rings is 1. The molecule has 0 aliphatic carbocycles. The molecule has 1 aromatic carbocycles. The van der Waals surface area contributed by atoms with Crippen LogP contribution in [0.1, 0.15) is 48.0 Å². The molecule has 0 radical (unpaired) electrons. The van der Waals surface area contributed by atoms with E-state index in [1.54, 1.807) is 25.9 Å². The Kier molecular flexibility index (Phi) is 6.61. The molecule has 9 nitrogen and oxygen atoms in total. The van der Waals surface area contributed by atoms with Crippen LogP contribution in [-0.4, -0.2) is 50.4 Å². The van der Waals surface area contributed by atoms with Crippen LogP contribution < -0.4 is 11.1 Å². The molecule has 39 heavy (non-hydrogen) atoms. The molecule has 1 aliphatic heterocycles. The highest BCUT2D eigenvalue weighted by molar-refractivity contribution is 5.90. The highest BCUT2D eigenvalue weighted by Gasteiger charge is 2.40. The number of nitrogens with zero attached hydrogens (tertiary/aromatic N) is 5. The van der Waals surface area contributed by atoms with E-state index in [2.05, 4.69) is 15.3 Å². The number of ether oxygens (including phenoxy) is 1.